The molecule has 1 rings (SSSR count). The van der Waals surface area contributed by atoms with Crippen molar-refractivity contribution >= 4 is 16.0 Å². The van der Waals surface area contributed by atoms with E-state index in [4.69, 9.17) is 9.47 Å². The highest BCUT2D eigenvalue weighted by Gasteiger charge is 2.11. The zero-order chi connectivity index (χ0) is 19.6. The summed E-state index contributed by atoms with van der Waals surface area (Å²) in [5, 5.41) is 3.21. The lowest BCUT2D eigenvalue weighted by molar-refractivity contribution is 0.382. The van der Waals surface area contributed by atoms with E-state index >= 15 is 0 Å². The normalized spacial score (nSPS) is 12.0. The van der Waals surface area contributed by atoms with E-state index in [2.05, 4.69) is 15.0 Å². The van der Waals surface area contributed by atoms with E-state index in [0.717, 1.165) is 17.1 Å². The van der Waals surface area contributed by atoms with E-state index in [9.17, 15) is 8.42 Å². The van der Waals surface area contributed by atoms with Crippen molar-refractivity contribution in [3.63, 3.8) is 0 Å². The Labute approximate surface area is 156 Å². The molecule has 0 aliphatic carbocycles. The Hall–Kier alpha value is -2.00. The second kappa shape index (κ2) is 10.9. The number of nitrogens with one attached hydrogen (secondary N) is 2. The van der Waals surface area contributed by atoms with E-state index < -0.39 is 10.0 Å². The zero-order valence-electron chi connectivity index (χ0n) is 16.2. The SMILES string of the molecule is CCNC(=NCCNS(=O)(=O)CC)N(C)Cc1ccc(OC)cc1OC. The van der Waals surface area contributed by atoms with Crippen LogP contribution in [0.25, 0.3) is 0 Å². The van der Waals surface area contributed by atoms with Gasteiger partial charge in [-0.2, -0.15) is 0 Å². The van der Waals surface area contributed by atoms with Gasteiger partial charge in [0.15, 0.2) is 5.96 Å². The maximum Gasteiger partial charge on any atom is 0.211 e. The van der Waals surface area contributed by atoms with Crippen LogP contribution >= 0.6 is 0 Å². The van der Waals surface area contributed by atoms with Gasteiger partial charge in [0.25, 0.3) is 0 Å². The second-order valence-corrected chi connectivity index (χ2v) is 7.66. The number of ether oxygens (including phenoxy) is 2. The van der Waals surface area contributed by atoms with Crippen molar-refractivity contribution in [2.45, 2.75) is 20.4 Å². The fourth-order valence-electron chi connectivity index (χ4n) is 2.25. The average Bonchev–Trinajstić information content (AvgIpc) is 2.64. The molecule has 0 aliphatic heterocycles. The molecule has 1 aromatic rings. The summed E-state index contributed by atoms with van der Waals surface area (Å²) in [6, 6.07) is 5.68. The molecule has 0 spiro atoms. The molecule has 0 saturated carbocycles. The number of aliphatic imine (C=N–C) groups is 1. The Morgan fingerprint density at radius 1 is 1.23 bits per heavy atom. The molecule has 0 bridgehead atoms. The lowest BCUT2D eigenvalue weighted by Crippen LogP contribution is -2.39. The number of guanidine groups is 1. The van der Waals surface area contributed by atoms with Gasteiger partial charge in [0.2, 0.25) is 10.0 Å². The third-order valence-corrected chi connectivity index (χ3v) is 5.08. The molecule has 0 aromatic heterocycles. The fourth-order valence-corrected chi connectivity index (χ4v) is 2.85. The van der Waals surface area contributed by atoms with Crippen molar-refractivity contribution in [3.05, 3.63) is 23.8 Å². The van der Waals surface area contributed by atoms with Crippen molar-refractivity contribution < 1.29 is 17.9 Å². The van der Waals surface area contributed by atoms with Gasteiger partial charge in [0.1, 0.15) is 11.5 Å². The molecule has 0 heterocycles. The lowest BCUT2D eigenvalue weighted by Gasteiger charge is -2.23. The predicted molar refractivity (Wildman–Crippen MR) is 104 cm³/mol. The Bertz CT molecular complexity index is 692. The first kappa shape index (κ1) is 22.0. The molecular weight excluding hydrogens is 356 g/mol. The molecule has 148 valence electrons. The molecule has 0 unspecified atom stereocenters. The van der Waals surface area contributed by atoms with Crippen LogP contribution in [0.2, 0.25) is 0 Å². The fraction of sp³-hybridized carbons (Fsp3) is 0.588. The number of hydrogen-bond donors (Lipinski definition) is 2. The molecule has 0 amide bonds. The van der Waals surface area contributed by atoms with Crippen molar-refractivity contribution in [1.29, 1.82) is 0 Å². The molecule has 26 heavy (non-hydrogen) atoms. The summed E-state index contributed by atoms with van der Waals surface area (Å²) in [6.07, 6.45) is 0. The quantitative estimate of drug-likeness (QED) is 0.355. The highest BCUT2D eigenvalue weighted by atomic mass is 32.2. The standard InChI is InChI=1S/C17H30N4O4S/c1-6-18-17(19-10-11-20-26(22,23)7-2)21(3)13-14-8-9-15(24-4)12-16(14)25-5/h8-9,12,20H,6-7,10-11,13H2,1-5H3,(H,18,19). The number of methoxy groups -OCH3 is 2. The van der Waals surface area contributed by atoms with Crippen LogP contribution in [0.4, 0.5) is 0 Å². The van der Waals surface area contributed by atoms with Crippen LogP contribution in [0, 0.1) is 0 Å². The molecule has 0 saturated heterocycles. The largest absolute Gasteiger partial charge is 0.497 e. The van der Waals surface area contributed by atoms with Gasteiger partial charge in [-0.05, 0) is 26.0 Å². The van der Waals surface area contributed by atoms with Crippen LogP contribution < -0.4 is 19.5 Å². The number of hydrogen-bond acceptors (Lipinski definition) is 5. The van der Waals surface area contributed by atoms with Gasteiger partial charge in [0, 0.05) is 38.3 Å². The zero-order valence-corrected chi connectivity index (χ0v) is 17.0. The monoisotopic (exact) mass is 386 g/mol. The number of rotatable bonds is 10. The van der Waals surface area contributed by atoms with E-state index in [1.165, 1.54) is 0 Å². The minimum atomic E-state index is -3.20. The Kier molecular flexibility index (Phi) is 9.22. The van der Waals surface area contributed by atoms with Crippen molar-refractivity contribution in [2.24, 2.45) is 4.99 Å². The van der Waals surface area contributed by atoms with Crippen LogP contribution in [-0.2, 0) is 16.6 Å². The topological polar surface area (TPSA) is 92.3 Å². The molecule has 0 atom stereocenters. The van der Waals surface area contributed by atoms with Gasteiger partial charge in [-0.3, -0.25) is 4.99 Å². The molecular formula is C17H30N4O4S. The molecule has 1 aromatic carbocycles. The molecule has 0 aliphatic rings. The van der Waals surface area contributed by atoms with Crippen LogP contribution in [-0.4, -0.2) is 65.9 Å². The Morgan fingerprint density at radius 3 is 2.54 bits per heavy atom. The van der Waals surface area contributed by atoms with Gasteiger partial charge < -0.3 is 19.7 Å². The Balaban J connectivity index is 2.78. The molecule has 9 heteroatoms. The van der Waals surface area contributed by atoms with Gasteiger partial charge in [0.05, 0.1) is 26.5 Å². The van der Waals surface area contributed by atoms with Gasteiger partial charge in [-0.15, -0.1) is 0 Å². The summed E-state index contributed by atoms with van der Waals surface area (Å²) in [4.78, 5) is 6.44. The van der Waals surface area contributed by atoms with Gasteiger partial charge in [-0.1, -0.05) is 0 Å². The minimum absolute atomic E-state index is 0.0634. The van der Waals surface area contributed by atoms with Crippen LogP contribution in [0.5, 0.6) is 11.5 Å². The third kappa shape index (κ3) is 7.09. The third-order valence-electron chi connectivity index (χ3n) is 3.67. The highest BCUT2D eigenvalue weighted by molar-refractivity contribution is 7.89. The van der Waals surface area contributed by atoms with Crippen LogP contribution in [0.3, 0.4) is 0 Å². The maximum absolute atomic E-state index is 11.5. The van der Waals surface area contributed by atoms with Gasteiger partial charge >= 0.3 is 0 Å². The van der Waals surface area contributed by atoms with E-state index in [1.54, 1.807) is 21.1 Å². The summed E-state index contributed by atoms with van der Waals surface area (Å²) in [5.41, 5.74) is 0.994. The highest BCUT2D eigenvalue weighted by Crippen LogP contribution is 2.25. The number of nitrogens with zero attached hydrogens (tertiary/aromatic N) is 2. The number of sulfonamides is 1. The lowest BCUT2D eigenvalue weighted by atomic mass is 10.2. The molecule has 2 N–H and O–H groups in total. The first-order valence-corrected chi connectivity index (χ1v) is 10.2. The predicted octanol–water partition coefficient (Wildman–Crippen LogP) is 1.04. The van der Waals surface area contributed by atoms with E-state index in [-0.39, 0.29) is 12.3 Å². The average molecular weight is 387 g/mol. The van der Waals surface area contributed by atoms with Crippen molar-refractivity contribution in [3.8, 4) is 11.5 Å². The van der Waals surface area contributed by atoms with E-state index in [1.807, 2.05) is 37.1 Å². The summed E-state index contributed by atoms with van der Waals surface area (Å²) in [5.74, 6) is 2.23. The van der Waals surface area contributed by atoms with Crippen LogP contribution in [0.1, 0.15) is 19.4 Å². The van der Waals surface area contributed by atoms with Crippen LogP contribution in [0.15, 0.2) is 23.2 Å². The summed E-state index contributed by atoms with van der Waals surface area (Å²) >= 11 is 0. The van der Waals surface area contributed by atoms with Gasteiger partial charge in [-0.25, -0.2) is 13.1 Å². The van der Waals surface area contributed by atoms with Crippen molar-refractivity contribution in [2.75, 3.05) is 46.7 Å². The summed E-state index contributed by atoms with van der Waals surface area (Å²) in [7, 11) is 1.96. The maximum atomic E-state index is 11.5. The first-order valence-electron chi connectivity index (χ1n) is 8.54. The minimum Gasteiger partial charge on any atom is -0.497 e. The molecule has 0 radical (unpaired) electrons. The van der Waals surface area contributed by atoms with Crippen molar-refractivity contribution in [1.82, 2.24) is 14.9 Å². The number of benzene rings is 1. The smallest absolute Gasteiger partial charge is 0.211 e. The summed E-state index contributed by atoms with van der Waals surface area (Å²) < 4.78 is 36.1. The molecule has 0 fully saturated rings. The Morgan fingerprint density at radius 2 is 1.96 bits per heavy atom. The van der Waals surface area contributed by atoms with E-state index in [0.29, 0.717) is 25.6 Å². The summed E-state index contributed by atoms with van der Waals surface area (Å²) in [6.45, 7) is 5.50. The first-order chi connectivity index (χ1) is 12.4. The second-order valence-electron chi connectivity index (χ2n) is 5.57. The molecule has 8 nitrogen and oxygen atoms in total.